The zero-order chi connectivity index (χ0) is 15.2. The number of piperidine rings is 1. The zero-order valence-corrected chi connectivity index (χ0v) is 13.0. The number of rotatable bonds is 4. The van der Waals surface area contributed by atoms with Crippen molar-refractivity contribution in [2.24, 2.45) is 11.8 Å². The minimum Gasteiger partial charge on any atom is -0.480 e. The van der Waals surface area contributed by atoms with Crippen LogP contribution in [0.4, 0.5) is 4.79 Å². The molecule has 0 radical (unpaired) electrons. The molecule has 1 aliphatic heterocycles. The van der Waals surface area contributed by atoms with E-state index >= 15 is 0 Å². The highest BCUT2D eigenvalue weighted by Gasteiger charge is 2.35. The van der Waals surface area contributed by atoms with E-state index in [0.717, 1.165) is 12.8 Å². The third kappa shape index (κ3) is 4.35. The van der Waals surface area contributed by atoms with Crippen LogP contribution in [0.5, 0.6) is 0 Å². The molecule has 21 heavy (non-hydrogen) atoms. The minimum atomic E-state index is -0.874. The topological polar surface area (TPSA) is 69.6 Å². The number of nitrogens with zero attached hydrogens (tertiary/aromatic N) is 1. The Bertz CT molecular complexity index is 367. The SMILES string of the molecule is CCC1CCN(C(=O)NCC2CCCCC2)C(C(=O)O)C1. The maximum atomic E-state index is 12.3. The number of carboxylic acids is 1. The van der Waals surface area contributed by atoms with E-state index in [1.54, 1.807) is 0 Å². The Hall–Kier alpha value is -1.26. The van der Waals surface area contributed by atoms with Crippen LogP contribution >= 0.6 is 0 Å². The Kier molecular flexibility index (Phi) is 5.88. The zero-order valence-electron chi connectivity index (χ0n) is 13.0. The van der Waals surface area contributed by atoms with Gasteiger partial charge >= 0.3 is 12.0 Å². The van der Waals surface area contributed by atoms with Crippen LogP contribution in [0.25, 0.3) is 0 Å². The normalized spacial score (nSPS) is 27.4. The molecule has 2 unspecified atom stereocenters. The van der Waals surface area contributed by atoms with Crippen LogP contribution in [0.1, 0.15) is 58.3 Å². The molecule has 1 aliphatic carbocycles. The molecule has 1 saturated carbocycles. The number of likely N-dealkylation sites (tertiary alicyclic amines) is 1. The standard InChI is InChI=1S/C16H28N2O3/c1-2-12-8-9-18(14(10-12)15(19)20)16(21)17-11-13-6-4-3-5-7-13/h12-14H,2-11H2,1H3,(H,17,21)(H,19,20). The molecule has 2 N–H and O–H groups in total. The van der Waals surface area contributed by atoms with Crippen molar-refractivity contribution in [1.29, 1.82) is 0 Å². The summed E-state index contributed by atoms with van der Waals surface area (Å²) in [6.45, 7) is 3.34. The molecule has 2 fully saturated rings. The summed E-state index contributed by atoms with van der Waals surface area (Å²) in [5, 5.41) is 12.3. The fourth-order valence-electron chi connectivity index (χ4n) is 3.61. The molecule has 0 spiro atoms. The molecular weight excluding hydrogens is 268 g/mol. The Morgan fingerprint density at radius 2 is 1.86 bits per heavy atom. The maximum Gasteiger partial charge on any atom is 0.326 e. The monoisotopic (exact) mass is 296 g/mol. The number of carbonyl (C=O) groups is 2. The van der Waals surface area contributed by atoms with Gasteiger partial charge in [-0.25, -0.2) is 9.59 Å². The summed E-state index contributed by atoms with van der Waals surface area (Å²) >= 11 is 0. The molecule has 2 atom stereocenters. The molecule has 2 rings (SSSR count). The van der Waals surface area contributed by atoms with E-state index in [-0.39, 0.29) is 6.03 Å². The van der Waals surface area contributed by atoms with Gasteiger partial charge in [-0.05, 0) is 37.5 Å². The summed E-state index contributed by atoms with van der Waals surface area (Å²) in [6.07, 6.45) is 8.65. The van der Waals surface area contributed by atoms with Crippen molar-refractivity contribution < 1.29 is 14.7 Å². The Balaban J connectivity index is 1.85. The van der Waals surface area contributed by atoms with Crippen molar-refractivity contribution in [3.8, 4) is 0 Å². The Labute approximate surface area is 127 Å². The van der Waals surface area contributed by atoms with Gasteiger partial charge in [0.05, 0.1) is 0 Å². The molecule has 0 aromatic rings. The first-order valence-corrected chi connectivity index (χ1v) is 8.39. The van der Waals surface area contributed by atoms with E-state index in [4.69, 9.17) is 0 Å². The van der Waals surface area contributed by atoms with Gasteiger partial charge in [-0.2, -0.15) is 0 Å². The average Bonchev–Trinajstić information content (AvgIpc) is 2.52. The molecule has 0 aromatic carbocycles. The van der Waals surface area contributed by atoms with Crippen LogP contribution in [0.3, 0.4) is 0 Å². The molecule has 0 bridgehead atoms. The second kappa shape index (κ2) is 7.66. The predicted octanol–water partition coefficient (Wildman–Crippen LogP) is 2.85. The van der Waals surface area contributed by atoms with Gasteiger partial charge in [0.2, 0.25) is 0 Å². The van der Waals surface area contributed by atoms with Crippen molar-refractivity contribution in [2.75, 3.05) is 13.1 Å². The molecule has 1 saturated heterocycles. The van der Waals surface area contributed by atoms with E-state index in [1.165, 1.54) is 37.0 Å². The molecule has 2 amide bonds. The van der Waals surface area contributed by atoms with Gasteiger partial charge in [0.25, 0.3) is 0 Å². The lowest BCUT2D eigenvalue weighted by Crippen LogP contribution is -2.54. The van der Waals surface area contributed by atoms with Crippen molar-refractivity contribution >= 4 is 12.0 Å². The summed E-state index contributed by atoms with van der Waals surface area (Å²) in [6, 6.07) is -0.849. The first-order valence-electron chi connectivity index (χ1n) is 8.39. The van der Waals surface area contributed by atoms with Crippen LogP contribution in [0, 0.1) is 11.8 Å². The maximum absolute atomic E-state index is 12.3. The Morgan fingerprint density at radius 1 is 1.14 bits per heavy atom. The smallest absolute Gasteiger partial charge is 0.326 e. The second-order valence-corrected chi connectivity index (χ2v) is 6.54. The van der Waals surface area contributed by atoms with Gasteiger partial charge in [0, 0.05) is 13.1 Å². The number of amides is 2. The second-order valence-electron chi connectivity index (χ2n) is 6.54. The largest absolute Gasteiger partial charge is 0.480 e. The molecule has 120 valence electrons. The minimum absolute atomic E-state index is 0.192. The van der Waals surface area contributed by atoms with Crippen molar-refractivity contribution in [2.45, 2.75) is 64.3 Å². The van der Waals surface area contributed by atoms with E-state index in [0.29, 0.717) is 31.3 Å². The first-order chi connectivity index (χ1) is 10.1. The predicted molar refractivity (Wildman–Crippen MR) is 81.1 cm³/mol. The first kappa shape index (κ1) is 16.1. The van der Waals surface area contributed by atoms with E-state index in [1.807, 2.05) is 0 Å². The van der Waals surface area contributed by atoms with Gasteiger partial charge in [-0.3, -0.25) is 0 Å². The van der Waals surface area contributed by atoms with Crippen LogP contribution in [-0.2, 0) is 4.79 Å². The van der Waals surface area contributed by atoms with Crippen molar-refractivity contribution in [3.05, 3.63) is 0 Å². The van der Waals surface area contributed by atoms with Crippen LogP contribution in [0.2, 0.25) is 0 Å². The fourth-order valence-corrected chi connectivity index (χ4v) is 3.61. The number of hydrogen-bond acceptors (Lipinski definition) is 2. The summed E-state index contributed by atoms with van der Waals surface area (Å²) in [5.74, 6) is 0.119. The molecular formula is C16H28N2O3. The van der Waals surface area contributed by atoms with Crippen LogP contribution in [-0.4, -0.2) is 41.1 Å². The number of urea groups is 1. The molecule has 1 heterocycles. The molecule has 5 nitrogen and oxygen atoms in total. The van der Waals surface area contributed by atoms with Gasteiger partial charge in [-0.1, -0.05) is 32.6 Å². The molecule has 2 aliphatic rings. The third-order valence-electron chi connectivity index (χ3n) is 5.10. The van der Waals surface area contributed by atoms with Crippen LogP contribution in [0.15, 0.2) is 0 Å². The lowest BCUT2D eigenvalue weighted by molar-refractivity contribution is -0.144. The quantitative estimate of drug-likeness (QED) is 0.838. The number of aliphatic carboxylic acids is 1. The third-order valence-corrected chi connectivity index (χ3v) is 5.10. The average molecular weight is 296 g/mol. The fraction of sp³-hybridized carbons (Fsp3) is 0.875. The number of hydrogen-bond donors (Lipinski definition) is 2. The van der Waals surface area contributed by atoms with Gasteiger partial charge in [0.1, 0.15) is 6.04 Å². The lowest BCUT2D eigenvalue weighted by atomic mass is 9.88. The summed E-state index contributed by atoms with van der Waals surface area (Å²) in [5.41, 5.74) is 0. The lowest BCUT2D eigenvalue weighted by Gasteiger charge is -2.37. The molecule has 5 heteroatoms. The van der Waals surface area contributed by atoms with Crippen LogP contribution < -0.4 is 5.32 Å². The summed E-state index contributed by atoms with van der Waals surface area (Å²) in [4.78, 5) is 25.2. The summed E-state index contributed by atoms with van der Waals surface area (Å²) < 4.78 is 0. The number of nitrogens with one attached hydrogen (secondary N) is 1. The molecule has 0 aromatic heterocycles. The summed E-state index contributed by atoms with van der Waals surface area (Å²) in [7, 11) is 0. The van der Waals surface area contributed by atoms with Gasteiger partial charge < -0.3 is 15.3 Å². The van der Waals surface area contributed by atoms with Gasteiger partial charge in [0.15, 0.2) is 0 Å². The van der Waals surface area contributed by atoms with E-state index in [2.05, 4.69) is 12.2 Å². The highest BCUT2D eigenvalue weighted by Crippen LogP contribution is 2.26. The Morgan fingerprint density at radius 3 is 2.48 bits per heavy atom. The van der Waals surface area contributed by atoms with Gasteiger partial charge in [-0.15, -0.1) is 0 Å². The van der Waals surface area contributed by atoms with Crippen molar-refractivity contribution in [1.82, 2.24) is 10.2 Å². The highest BCUT2D eigenvalue weighted by atomic mass is 16.4. The highest BCUT2D eigenvalue weighted by molar-refractivity contribution is 5.82. The number of carbonyl (C=O) groups excluding carboxylic acids is 1. The van der Waals surface area contributed by atoms with Crippen molar-refractivity contribution in [3.63, 3.8) is 0 Å². The van der Waals surface area contributed by atoms with E-state index in [9.17, 15) is 14.7 Å². The van der Waals surface area contributed by atoms with E-state index < -0.39 is 12.0 Å². The number of carboxylic acid groups (broad SMARTS) is 1.